The van der Waals surface area contributed by atoms with E-state index in [2.05, 4.69) is 5.32 Å². The Kier molecular flexibility index (Phi) is 4.71. The van der Waals surface area contributed by atoms with Crippen molar-refractivity contribution >= 4 is 16.7 Å². The quantitative estimate of drug-likeness (QED) is 0.755. The fourth-order valence-electron chi connectivity index (χ4n) is 2.18. The molecule has 3 N–H and O–H groups in total. The van der Waals surface area contributed by atoms with E-state index in [0.717, 1.165) is 16.3 Å². The smallest absolute Gasteiger partial charge is 0.304 e. The minimum Gasteiger partial charge on any atom is -0.481 e. The molecule has 0 aromatic heterocycles. The van der Waals surface area contributed by atoms with Crippen LogP contribution < -0.4 is 5.32 Å². The zero-order valence-electron chi connectivity index (χ0n) is 11.4. The molecule has 0 bridgehead atoms. The van der Waals surface area contributed by atoms with Crippen molar-refractivity contribution in [1.29, 1.82) is 0 Å². The van der Waals surface area contributed by atoms with Crippen LogP contribution in [0, 0.1) is 0 Å². The third kappa shape index (κ3) is 3.79. The standard InChI is InChI=1S/C16H19NO3/c1-11(8-16(19)20)17-10-15(18)14-7-6-12-4-2-3-5-13(12)9-14/h2-7,9,11,15,17-18H,8,10H2,1H3,(H,19,20)/t11-,15-/m0/s1. The minimum atomic E-state index is -0.842. The van der Waals surface area contributed by atoms with Crippen molar-refractivity contribution in [2.75, 3.05) is 6.54 Å². The van der Waals surface area contributed by atoms with Gasteiger partial charge in [0.05, 0.1) is 12.5 Å². The van der Waals surface area contributed by atoms with Crippen LogP contribution in [0.4, 0.5) is 0 Å². The van der Waals surface area contributed by atoms with Gasteiger partial charge < -0.3 is 15.5 Å². The Labute approximate surface area is 118 Å². The maximum Gasteiger partial charge on any atom is 0.304 e. The first kappa shape index (κ1) is 14.5. The highest BCUT2D eigenvalue weighted by molar-refractivity contribution is 5.83. The van der Waals surface area contributed by atoms with Crippen LogP contribution in [0.5, 0.6) is 0 Å². The lowest BCUT2D eigenvalue weighted by Crippen LogP contribution is -2.32. The summed E-state index contributed by atoms with van der Waals surface area (Å²) in [6.45, 7) is 2.13. The summed E-state index contributed by atoms with van der Waals surface area (Å²) in [5, 5.41) is 24.1. The highest BCUT2D eigenvalue weighted by Gasteiger charge is 2.11. The molecule has 0 fully saturated rings. The second kappa shape index (κ2) is 6.50. The average molecular weight is 273 g/mol. The third-order valence-electron chi connectivity index (χ3n) is 3.30. The Morgan fingerprint density at radius 2 is 1.90 bits per heavy atom. The largest absolute Gasteiger partial charge is 0.481 e. The van der Waals surface area contributed by atoms with Gasteiger partial charge in [-0.1, -0.05) is 36.4 Å². The molecule has 106 valence electrons. The van der Waals surface area contributed by atoms with Crippen LogP contribution in [0.25, 0.3) is 10.8 Å². The molecule has 0 amide bonds. The van der Waals surface area contributed by atoms with Crippen LogP contribution in [-0.4, -0.2) is 28.8 Å². The molecule has 20 heavy (non-hydrogen) atoms. The second-order valence-electron chi connectivity index (χ2n) is 5.03. The average Bonchev–Trinajstić information content (AvgIpc) is 2.43. The van der Waals surface area contributed by atoms with Crippen LogP contribution in [-0.2, 0) is 4.79 Å². The fourth-order valence-corrected chi connectivity index (χ4v) is 2.18. The van der Waals surface area contributed by atoms with Gasteiger partial charge in [-0.15, -0.1) is 0 Å². The van der Waals surface area contributed by atoms with Gasteiger partial charge in [-0.2, -0.15) is 0 Å². The summed E-state index contributed by atoms with van der Waals surface area (Å²) in [6, 6.07) is 13.7. The van der Waals surface area contributed by atoms with E-state index in [1.807, 2.05) is 42.5 Å². The summed E-state index contributed by atoms with van der Waals surface area (Å²) < 4.78 is 0. The Morgan fingerprint density at radius 3 is 2.60 bits per heavy atom. The number of carboxylic acid groups (broad SMARTS) is 1. The maximum atomic E-state index is 10.6. The number of rotatable bonds is 6. The van der Waals surface area contributed by atoms with E-state index < -0.39 is 12.1 Å². The molecule has 2 aromatic carbocycles. The molecule has 0 radical (unpaired) electrons. The van der Waals surface area contributed by atoms with Crippen LogP contribution in [0.15, 0.2) is 42.5 Å². The maximum absolute atomic E-state index is 10.6. The SMILES string of the molecule is C[C@@H](CC(=O)O)NC[C@H](O)c1ccc2ccccc2c1. The first-order valence-electron chi connectivity index (χ1n) is 6.68. The number of hydrogen-bond donors (Lipinski definition) is 3. The van der Waals surface area contributed by atoms with Gasteiger partial charge in [0.1, 0.15) is 0 Å². The first-order chi connectivity index (χ1) is 9.56. The van der Waals surface area contributed by atoms with E-state index >= 15 is 0 Å². The fraction of sp³-hybridized carbons (Fsp3) is 0.312. The third-order valence-corrected chi connectivity index (χ3v) is 3.30. The second-order valence-corrected chi connectivity index (χ2v) is 5.03. The van der Waals surface area contributed by atoms with Gasteiger partial charge in [-0.25, -0.2) is 0 Å². The lowest BCUT2D eigenvalue weighted by atomic mass is 10.0. The molecular weight excluding hydrogens is 254 g/mol. The number of benzene rings is 2. The van der Waals surface area contributed by atoms with Crippen molar-refractivity contribution in [3.8, 4) is 0 Å². The van der Waals surface area contributed by atoms with E-state index in [9.17, 15) is 9.90 Å². The minimum absolute atomic E-state index is 0.0461. The molecule has 4 heteroatoms. The molecule has 0 saturated carbocycles. The topological polar surface area (TPSA) is 69.6 Å². The zero-order chi connectivity index (χ0) is 14.5. The van der Waals surface area contributed by atoms with Crippen molar-refractivity contribution in [3.63, 3.8) is 0 Å². The van der Waals surface area contributed by atoms with E-state index in [-0.39, 0.29) is 12.5 Å². The predicted molar refractivity (Wildman–Crippen MR) is 78.6 cm³/mol. The zero-order valence-corrected chi connectivity index (χ0v) is 11.4. The molecule has 4 nitrogen and oxygen atoms in total. The van der Waals surface area contributed by atoms with Gasteiger partial charge in [0, 0.05) is 12.6 Å². The van der Waals surface area contributed by atoms with Crippen molar-refractivity contribution < 1.29 is 15.0 Å². The highest BCUT2D eigenvalue weighted by atomic mass is 16.4. The number of carboxylic acids is 1. The Morgan fingerprint density at radius 1 is 1.20 bits per heavy atom. The summed E-state index contributed by atoms with van der Waals surface area (Å²) in [6.07, 6.45) is -0.597. The van der Waals surface area contributed by atoms with Crippen molar-refractivity contribution in [2.45, 2.75) is 25.5 Å². The summed E-state index contributed by atoms with van der Waals surface area (Å²) in [4.78, 5) is 10.6. The molecule has 2 aromatic rings. The number of carbonyl (C=O) groups is 1. The van der Waals surface area contributed by atoms with Gasteiger partial charge in [0.15, 0.2) is 0 Å². The molecule has 2 atom stereocenters. The number of nitrogens with one attached hydrogen (secondary N) is 1. The molecular formula is C16H19NO3. The predicted octanol–water partition coefficient (Wildman–Crippen LogP) is 2.33. The number of hydrogen-bond acceptors (Lipinski definition) is 3. The Bertz CT molecular complexity index is 597. The van der Waals surface area contributed by atoms with Crippen molar-refractivity contribution in [1.82, 2.24) is 5.32 Å². The molecule has 0 saturated heterocycles. The van der Waals surface area contributed by atoms with Gasteiger partial charge in [0.2, 0.25) is 0 Å². The van der Waals surface area contributed by atoms with Gasteiger partial charge in [0.25, 0.3) is 0 Å². The molecule has 2 rings (SSSR count). The highest BCUT2D eigenvalue weighted by Crippen LogP contribution is 2.20. The molecule has 0 spiro atoms. The lowest BCUT2D eigenvalue weighted by molar-refractivity contribution is -0.137. The summed E-state index contributed by atoms with van der Waals surface area (Å²) >= 11 is 0. The molecule has 0 aliphatic rings. The molecule has 0 aliphatic heterocycles. The molecule has 0 aliphatic carbocycles. The monoisotopic (exact) mass is 273 g/mol. The first-order valence-corrected chi connectivity index (χ1v) is 6.68. The Balaban J connectivity index is 2.00. The summed E-state index contributed by atoms with van der Waals surface area (Å²) in [5.41, 5.74) is 0.832. The normalized spacial score (nSPS) is 14.1. The van der Waals surface area contributed by atoms with Gasteiger partial charge in [-0.3, -0.25) is 4.79 Å². The molecule has 0 unspecified atom stereocenters. The number of aliphatic hydroxyl groups excluding tert-OH is 1. The summed E-state index contributed by atoms with van der Waals surface area (Å²) in [7, 11) is 0. The van der Waals surface area contributed by atoms with Crippen LogP contribution >= 0.6 is 0 Å². The van der Waals surface area contributed by atoms with Crippen LogP contribution in [0.3, 0.4) is 0 Å². The number of aliphatic carboxylic acids is 1. The van der Waals surface area contributed by atoms with E-state index in [0.29, 0.717) is 6.54 Å². The van der Waals surface area contributed by atoms with Crippen LogP contribution in [0.2, 0.25) is 0 Å². The van der Waals surface area contributed by atoms with E-state index in [1.165, 1.54) is 0 Å². The van der Waals surface area contributed by atoms with Crippen molar-refractivity contribution in [3.05, 3.63) is 48.0 Å². The van der Waals surface area contributed by atoms with E-state index in [1.54, 1.807) is 6.92 Å². The number of fused-ring (bicyclic) bond motifs is 1. The summed E-state index contributed by atoms with van der Waals surface area (Å²) in [5.74, 6) is -0.842. The molecule has 0 heterocycles. The lowest BCUT2D eigenvalue weighted by Gasteiger charge is -2.16. The van der Waals surface area contributed by atoms with E-state index in [4.69, 9.17) is 5.11 Å². The van der Waals surface area contributed by atoms with Crippen LogP contribution in [0.1, 0.15) is 25.0 Å². The van der Waals surface area contributed by atoms with Crippen molar-refractivity contribution in [2.24, 2.45) is 0 Å². The van der Waals surface area contributed by atoms with Gasteiger partial charge >= 0.3 is 5.97 Å². The number of aliphatic hydroxyl groups is 1. The Hall–Kier alpha value is -1.91. The van der Waals surface area contributed by atoms with Gasteiger partial charge in [-0.05, 0) is 29.3 Å².